The number of rotatable bonds is 1. The summed E-state index contributed by atoms with van der Waals surface area (Å²) in [6.45, 7) is 1.65. The van der Waals surface area contributed by atoms with Gasteiger partial charge in [-0.3, -0.25) is 0 Å². The van der Waals surface area contributed by atoms with Gasteiger partial charge in [-0.15, -0.1) is 0 Å². The van der Waals surface area contributed by atoms with Crippen molar-refractivity contribution in [1.29, 1.82) is 0 Å². The molecule has 84 valence electrons. The monoisotopic (exact) mass is 216 g/mol. The van der Waals surface area contributed by atoms with Crippen LogP contribution < -0.4 is 0 Å². The van der Waals surface area contributed by atoms with E-state index in [4.69, 9.17) is 0 Å². The van der Waals surface area contributed by atoms with Crippen LogP contribution in [0.3, 0.4) is 0 Å². The van der Waals surface area contributed by atoms with Crippen molar-refractivity contribution in [3.63, 3.8) is 0 Å². The van der Waals surface area contributed by atoms with Gasteiger partial charge in [-0.25, -0.2) is 8.78 Å². The van der Waals surface area contributed by atoms with Gasteiger partial charge in [0.25, 0.3) is 0 Å². The topological polar surface area (TPSA) is 0 Å². The van der Waals surface area contributed by atoms with Gasteiger partial charge in [-0.1, -0.05) is 13.3 Å². The van der Waals surface area contributed by atoms with Gasteiger partial charge in [0.1, 0.15) is 0 Å². The number of hydrogen-bond donors (Lipinski definition) is 0. The summed E-state index contributed by atoms with van der Waals surface area (Å²) in [6.07, 6.45) is -5.65. The van der Waals surface area contributed by atoms with Crippen molar-refractivity contribution in [3.05, 3.63) is 0 Å². The van der Waals surface area contributed by atoms with Gasteiger partial charge in [0.05, 0.1) is 5.92 Å². The molecule has 0 aromatic rings. The van der Waals surface area contributed by atoms with Crippen LogP contribution in [-0.2, 0) is 0 Å². The van der Waals surface area contributed by atoms with Crippen molar-refractivity contribution in [3.8, 4) is 0 Å². The summed E-state index contributed by atoms with van der Waals surface area (Å²) >= 11 is 0. The van der Waals surface area contributed by atoms with E-state index in [9.17, 15) is 22.0 Å². The third-order valence-electron chi connectivity index (χ3n) is 2.79. The second-order valence-corrected chi connectivity index (χ2v) is 4.01. The fourth-order valence-electron chi connectivity index (χ4n) is 2.00. The molecule has 0 unspecified atom stereocenters. The van der Waals surface area contributed by atoms with Gasteiger partial charge in [0.2, 0.25) is 5.92 Å². The average molecular weight is 216 g/mol. The first-order valence-corrected chi connectivity index (χ1v) is 4.69. The highest BCUT2D eigenvalue weighted by atomic mass is 19.4. The lowest BCUT2D eigenvalue weighted by atomic mass is 9.78. The molecule has 0 saturated heterocycles. The predicted molar refractivity (Wildman–Crippen MR) is 42.1 cm³/mol. The summed E-state index contributed by atoms with van der Waals surface area (Å²) < 4.78 is 62.6. The summed E-state index contributed by atoms with van der Waals surface area (Å²) in [5.41, 5.74) is 0. The molecule has 0 spiro atoms. The first kappa shape index (κ1) is 11.7. The smallest absolute Gasteiger partial charge is 0.207 e. The molecule has 0 nitrogen and oxygen atoms in total. The Morgan fingerprint density at radius 1 is 1.21 bits per heavy atom. The average Bonchev–Trinajstić information content (AvgIpc) is 1.99. The van der Waals surface area contributed by atoms with Gasteiger partial charge >= 0.3 is 6.18 Å². The van der Waals surface area contributed by atoms with E-state index >= 15 is 0 Å². The maximum Gasteiger partial charge on any atom is 0.392 e. The van der Waals surface area contributed by atoms with Gasteiger partial charge in [0, 0.05) is 12.8 Å². The van der Waals surface area contributed by atoms with Crippen LogP contribution in [0.25, 0.3) is 0 Å². The standard InChI is InChI=1S/C9H13F5/c1-2-6-3-7(9(12,13)14)5-8(10,11)4-6/h6-7H,2-5H2,1H3/t6-,7-/m0/s1. The van der Waals surface area contributed by atoms with Crippen LogP contribution in [0.15, 0.2) is 0 Å². The Labute approximate surface area is 79.5 Å². The molecular weight excluding hydrogens is 203 g/mol. The van der Waals surface area contributed by atoms with Crippen molar-refractivity contribution in [2.75, 3.05) is 0 Å². The van der Waals surface area contributed by atoms with Crippen LogP contribution >= 0.6 is 0 Å². The highest BCUT2D eigenvalue weighted by molar-refractivity contribution is 4.86. The van der Waals surface area contributed by atoms with Gasteiger partial charge in [0.15, 0.2) is 0 Å². The normalized spacial score (nSPS) is 33.0. The highest BCUT2D eigenvalue weighted by Gasteiger charge is 2.50. The lowest BCUT2D eigenvalue weighted by molar-refractivity contribution is -0.214. The quantitative estimate of drug-likeness (QED) is 0.581. The summed E-state index contributed by atoms with van der Waals surface area (Å²) in [4.78, 5) is 0. The van der Waals surface area contributed by atoms with Gasteiger partial charge < -0.3 is 0 Å². The Kier molecular flexibility index (Phi) is 3.07. The molecule has 0 aliphatic heterocycles. The first-order valence-electron chi connectivity index (χ1n) is 4.69. The zero-order valence-electron chi connectivity index (χ0n) is 7.87. The van der Waals surface area contributed by atoms with Crippen LogP contribution in [-0.4, -0.2) is 12.1 Å². The van der Waals surface area contributed by atoms with Crippen LogP contribution in [0.5, 0.6) is 0 Å². The van der Waals surface area contributed by atoms with Crippen LogP contribution in [0, 0.1) is 11.8 Å². The molecule has 1 rings (SSSR count). The predicted octanol–water partition coefficient (Wildman–Crippen LogP) is 4.01. The molecule has 5 heteroatoms. The van der Waals surface area contributed by atoms with Crippen LogP contribution in [0.2, 0.25) is 0 Å². The molecule has 1 aliphatic rings. The molecule has 0 aromatic heterocycles. The maximum atomic E-state index is 12.9. The number of hydrogen-bond acceptors (Lipinski definition) is 0. The van der Waals surface area contributed by atoms with E-state index in [0.29, 0.717) is 6.42 Å². The lowest BCUT2D eigenvalue weighted by Crippen LogP contribution is -2.38. The summed E-state index contributed by atoms with van der Waals surface area (Å²) in [6, 6.07) is 0. The Morgan fingerprint density at radius 2 is 1.79 bits per heavy atom. The molecular formula is C9H13F5. The van der Waals surface area contributed by atoms with E-state index in [2.05, 4.69) is 0 Å². The van der Waals surface area contributed by atoms with Gasteiger partial charge in [-0.05, 0) is 12.3 Å². The Balaban J connectivity index is 2.71. The summed E-state index contributed by atoms with van der Waals surface area (Å²) in [7, 11) is 0. The molecule has 0 N–H and O–H groups in total. The molecule has 0 amide bonds. The van der Waals surface area contributed by atoms with Gasteiger partial charge in [-0.2, -0.15) is 13.2 Å². The minimum atomic E-state index is -4.47. The minimum Gasteiger partial charge on any atom is -0.207 e. The SMILES string of the molecule is CC[C@H]1C[C@H](C(F)(F)F)CC(F)(F)C1. The van der Waals surface area contributed by atoms with Crippen molar-refractivity contribution < 1.29 is 22.0 Å². The molecule has 0 bridgehead atoms. The fraction of sp³-hybridized carbons (Fsp3) is 1.00. The number of halogens is 5. The molecule has 2 atom stereocenters. The zero-order chi connectivity index (χ0) is 11.0. The summed E-state index contributed by atoms with van der Waals surface area (Å²) in [5, 5.41) is 0. The van der Waals surface area contributed by atoms with Crippen LogP contribution in [0.1, 0.15) is 32.6 Å². The third-order valence-corrected chi connectivity index (χ3v) is 2.79. The molecule has 1 fully saturated rings. The molecule has 14 heavy (non-hydrogen) atoms. The molecule has 0 aromatic carbocycles. The highest BCUT2D eigenvalue weighted by Crippen LogP contribution is 2.47. The Bertz CT molecular complexity index is 196. The molecule has 0 radical (unpaired) electrons. The minimum absolute atomic E-state index is 0.143. The zero-order valence-corrected chi connectivity index (χ0v) is 7.87. The lowest BCUT2D eigenvalue weighted by Gasteiger charge is -2.35. The molecule has 0 heterocycles. The van der Waals surface area contributed by atoms with Crippen molar-refractivity contribution >= 4 is 0 Å². The Hall–Kier alpha value is -0.350. The Morgan fingerprint density at radius 3 is 2.21 bits per heavy atom. The number of alkyl halides is 5. The second-order valence-electron chi connectivity index (χ2n) is 4.01. The second kappa shape index (κ2) is 3.66. The maximum absolute atomic E-state index is 12.9. The van der Waals surface area contributed by atoms with E-state index < -0.39 is 36.8 Å². The molecule has 1 saturated carbocycles. The van der Waals surface area contributed by atoms with Crippen molar-refractivity contribution in [1.82, 2.24) is 0 Å². The fourth-order valence-corrected chi connectivity index (χ4v) is 2.00. The molecule has 1 aliphatic carbocycles. The van der Waals surface area contributed by atoms with E-state index in [1.54, 1.807) is 6.92 Å². The van der Waals surface area contributed by atoms with E-state index in [1.165, 1.54) is 0 Å². The van der Waals surface area contributed by atoms with Crippen molar-refractivity contribution in [2.45, 2.75) is 44.7 Å². The third kappa shape index (κ3) is 2.82. The van der Waals surface area contributed by atoms with E-state index in [1.807, 2.05) is 0 Å². The van der Waals surface area contributed by atoms with E-state index in [-0.39, 0.29) is 6.42 Å². The van der Waals surface area contributed by atoms with E-state index in [0.717, 1.165) is 0 Å². The van der Waals surface area contributed by atoms with Crippen molar-refractivity contribution in [2.24, 2.45) is 11.8 Å². The summed E-state index contributed by atoms with van der Waals surface area (Å²) in [5.74, 6) is -5.46. The van der Waals surface area contributed by atoms with Crippen LogP contribution in [0.4, 0.5) is 22.0 Å². The first-order chi connectivity index (χ1) is 6.24. The largest absolute Gasteiger partial charge is 0.392 e.